The van der Waals surface area contributed by atoms with Gasteiger partial charge in [-0.05, 0) is 28.0 Å². The first kappa shape index (κ1) is 16.9. The molecule has 0 aliphatic rings. The van der Waals surface area contributed by atoms with Gasteiger partial charge in [0.2, 0.25) is 0 Å². The third kappa shape index (κ3) is 4.42. The molecule has 1 atom stereocenters. The zero-order valence-corrected chi connectivity index (χ0v) is 14.0. The Morgan fingerprint density at radius 2 is 1.75 bits per heavy atom. The first-order chi connectivity index (χ1) is 9.05. The van der Waals surface area contributed by atoms with E-state index in [0.29, 0.717) is 0 Å². The fourth-order valence-electron chi connectivity index (χ4n) is 1.91. The van der Waals surface area contributed by atoms with Crippen LogP contribution in [0, 0.1) is 11.3 Å². The van der Waals surface area contributed by atoms with Crippen LogP contribution in [-0.4, -0.2) is 12.0 Å². The van der Waals surface area contributed by atoms with Crippen LogP contribution in [0.3, 0.4) is 0 Å². The topological polar surface area (TPSA) is 33.0 Å². The minimum Gasteiger partial charge on any atom is -0.491 e. The Morgan fingerprint density at radius 3 is 2.20 bits per heavy atom. The van der Waals surface area contributed by atoms with E-state index in [1.165, 1.54) is 5.56 Å². The van der Waals surface area contributed by atoms with Crippen LogP contribution in [0.5, 0.6) is 5.75 Å². The molecule has 2 nitrogen and oxygen atoms in total. The van der Waals surface area contributed by atoms with Crippen molar-refractivity contribution in [2.45, 2.75) is 57.7 Å². The largest absolute Gasteiger partial charge is 0.491 e. The van der Waals surface area contributed by atoms with E-state index in [0.717, 1.165) is 11.3 Å². The van der Waals surface area contributed by atoms with Crippen molar-refractivity contribution in [2.75, 3.05) is 6.61 Å². The highest BCUT2D eigenvalue weighted by Gasteiger charge is 2.23. The molecule has 0 N–H and O–H groups in total. The van der Waals surface area contributed by atoms with E-state index in [-0.39, 0.29) is 17.4 Å². The summed E-state index contributed by atoms with van der Waals surface area (Å²) < 4.78 is 5.73. The quantitative estimate of drug-likeness (QED) is 0.751. The van der Waals surface area contributed by atoms with E-state index >= 15 is 0 Å². The standard InChI is InChI=1S/C17H24ClNO/c1-16(2,3)12-7-8-15(20-11-13(18)10-19)14(9-12)17(4,5)6/h7-9,13H,11H2,1-6H3. The lowest BCUT2D eigenvalue weighted by molar-refractivity contribution is 0.319. The summed E-state index contributed by atoms with van der Waals surface area (Å²) >= 11 is 5.80. The monoisotopic (exact) mass is 293 g/mol. The molecule has 0 saturated heterocycles. The summed E-state index contributed by atoms with van der Waals surface area (Å²) in [7, 11) is 0. The third-order valence-corrected chi connectivity index (χ3v) is 3.40. The highest BCUT2D eigenvalue weighted by molar-refractivity contribution is 6.22. The summed E-state index contributed by atoms with van der Waals surface area (Å²) in [5.41, 5.74) is 2.50. The lowest BCUT2D eigenvalue weighted by Crippen LogP contribution is -2.19. The first-order valence-electron chi connectivity index (χ1n) is 6.87. The lowest BCUT2D eigenvalue weighted by atomic mass is 9.80. The maximum Gasteiger partial charge on any atom is 0.154 e. The molecule has 0 fully saturated rings. The van der Waals surface area contributed by atoms with E-state index in [2.05, 4.69) is 53.7 Å². The van der Waals surface area contributed by atoms with Crippen LogP contribution in [-0.2, 0) is 10.8 Å². The number of hydrogen-bond acceptors (Lipinski definition) is 2. The molecular weight excluding hydrogens is 270 g/mol. The van der Waals surface area contributed by atoms with Crippen LogP contribution in [0.4, 0.5) is 0 Å². The normalized spacial score (nSPS) is 13.7. The van der Waals surface area contributed by atoms with Crippen molar-refractivity contribution in [3.63, 3.8) is 0 Å². The van der Waals surface area contributed by atoms with Crippen molar-refractivity contribution >= 4 is 11.6 Å². The molecular formula is C17H24ClNO. The number of rotatable bonds is 3. The molecule has 0 saturated carbocycles. The predicted molar refractivity (Wildman–Crippen MR) is 84.6 cm³/mol. The molecule has 0 amide bonds. The lowest BCUT2D eigenvalue weighted by Gasteiger charge is -2.27. The van der Waals surface area contributed by atoms with Crippen molar-refractivity contribution in [1.29, 1.82) is 5.26 Å². The molecule has 0 radical (unpaired) electrons. The van der Waals surface area contributed by atoms with Gasteiger partial charge in [-0.25, -0.2) is 0 Å². The second-order valence-corrected chi connectivity index (χ2v) is 7.65. The van der Waals surface area contributed by atoms with E-state index in [9.17, 15) is 0 Å². The zero-order valence-electron chi connectivity index (χ0n) is 13.2. The molecule has 3 heteroatoms. The van der Waals surface area contributed by atoms with E-state index in [1.807, 2.05) is 12.1 Å². The smallest absolute Gasteiger partial charge is 0.154 e. The molecule has 0 aliphatic heterocycles. The number of ether oxygens (including phenoxy) is 1. The average Bonchev–Trinajstić information content (AvgIpc) is 2.33. The van der Waals surface area contributed by atoms with Crippen molar-refractivity contribution in [2.24, 2.45) is 0 Å². The van der Waals surface area contributed by atoms with Gasteiger partial charge in [-0.15, -0.1) is 11.6 Å². The maximum atomic E-state index is 8.73. The van der Waals surface area contributed by atoms with E-state index < -0.39 is 5.38 Å². The van der Waals surface area contributed by atoms with Crippen molar-refractivity contribution in [1.82, 2.24) is 0 Å². The van der Waals surface area contributed by atoms with Crippen molar-refractivity contribution in [3.8, 4) is 11.8 Å². The molecule has 0 aliphatic carbocycles. The van der Waals surface area contributed by atoms with E-state index in [4.69, 9.17) is 21.6 Å². The van der Waals surface area contributed by atoms with Gasteiger partial charge in [0.25, 0.3) is 0 Å². The van der Waals surface area contributed by atoms with Gasteiger partial charge in [0.15, 0.2) is 5.38 Å². The number of nitriles is 1. The van der Waals surface area contributed by atoms with Crippen molar-refractivity contribution in [3.05, 3.63) is 29.3 Å². The summed E-state index contributed by atoms with van der Waals surface area (Å²) in [6.45, 7) is 13.3. The Bertz CT molecular complexity index is 503. The molecule has 1 rings (SSSR count). The van der Waals surface area contributed by atoms with Crippen LogP contribution in [0.25, 0.3) is 0 Å². The van der Waals surface area contributed by atoms with Gasteiger partial charge in [-0.2, -0.15) is 5.26 Å². The molecule has 20 heavy (non-hydrogen) atoms. The Labute approximate surface area is 127 Å². The SMILES string of the molecule is CC(C)(C)c1ccc(OCC(Cl)C#N)c(C(C)(C)C)c1. The van der Waals surface area contributed by atoms with Gasteiger partial charge in [0.05, 0.1) is 6.07 Å². The minimum atomic E-state index is -0.620. The highest BCUT2D eigenvalue weighted by Crippen LogP contribution is 2.35. The second-order valence-electron chi connectivity index (χ2n) is 7.12. The van der Waals surface area contributed by atoms with Gasteiger partial charge in [0.1, 0.15) is 12.4 Å². The summed E-state index contributed by atoms with van der Waals surface area (Å²) in [5, 5.41) is 8.11. The highest BCUT2D eigenvalue weighted by atomic mass is 35.5. The number of hydrogen-bond donors (Lipinski definition) is 0. The molecule has 0 bridgehead atoms. The molecule has 110 valence electrons. The Hall–Kier alpha value is -1.20. The van der Waals surface area contributed by atoms with Crippen LogP contribution in [0.2, 0.25) is 0 Å². The van der Waals surface area contributed by atoms with Gasteiger partial charge >= 0.3 is 0 Å². The average molecular weight is 294 g/mol. The van der Waals surface area contributed by atoms with Crippen LogP contribution in [0.15, 0.2) is 18.2 Å². The molecule has 1 unspecified atom stereocenters. The van der Waals surface area contributed by atoms with Gasteiger partial charge in [-0.3, -0.25) is 0 Å². The summed E-state index contributed by atoms with van der Waals surface area (Å²) in [6, 6.07) is 8.24. The Balaban J connectivity index is 3.16. The molecule has 1 aromatic carbocycles. The Morgan fingerprint density at radius 1 is 1.15 bits per heavy atom. The number of benzene rings is 1. The first-order valence-corrected chi connectivity index (χ1v) is 7.31. The van der Waals surface area contributed by atoms with Crippen LogP contribution in [0.1, 0.15) is 52.7 Å². The van der Waals surface area contributed by atoms with Crippen LogP contribution < -0.4 is 4.74 Å². The Kier molecular flexibility index (Phi) is 5.10. The fraction of sp³-hybridized carbons (Fsp3) is 0.588. The third-order valence-electron chi connectivity index (χ3n) is 3.18. The summed E-state index contributed by atoms with van der Waals surface area (Å²) in [4.78, 5) is 0. The number of nitrogens with zero attached hydrogens (tertiary/aromatic N) is 1. The predicted octanol–water partition coefficient (Wildman–Crippen LogP) is 4.79. The van der Waals surface area contributed by atoms with Crippen molar-refractivity contribution < 1.29 is 4.74 Å². The van der Waals surface area contributed by atoms with E-state index in [1.54, 1.807) is 0 Å². The van der Waals surface area contributed by atoms with Crippen LogP contribution >= 0.6 is 11.6 Å². The molecule has 1 aromatic rings. The fourth-order valence-corrected chi connectivity index (χ4v) is 1.97. The summed E-state index contributed by atoms with van der Waals surface area (Å²) in [6.07, 6.45) is 0. The van der Waals surface area contributed by atoms with Gasteiger partial charge in [-0.1, -0.05) is 53.7 Å². The minimum absolute atomic E-state index is 0.0228. The second kappa shape index (κ2) is 6.06. The zero-order chi connectivity index (χ0) is 15.6. The number of halogens is 1. The molecule has 0 spiro atoms. The maximum absolute atomic E-state index is 8.73. The number of alkyl halides is 1. The summed E-state index contributed by atoms with van der Waals surface area (Å²) in [5.74, 6) is 0.811. The molecule has 0 aromatic heterocycles. The molecule has 0 heterocycles. The van der Waals surface area contributed by atoms with Gasteiger partial charge in [0, 0.05) is 0 Å². The van der Waals surface area contributed by atoms with Gasteiger partial charge < -0.3 is 4.74 Å².